The largest absolute Gasteiger partial charge is 0.391 e. The summed E-state index contributed by atoms with van der Waals surface area (Å²) in [5.41, 5.74) is 1.29. The minimum atomic E-state index is -0.338. The molecule has 2 rings (SSSR count). The van der Waals surface area contributed by atoms with Gasteiger partial charge >= 0.3 is 0 Å². The van der Waals surface area contributed by atoms with Crippen LogP contribution in [0, 0.1) is 6.92 Å². The highest BCUT2D eigenvalue weighted by Crippen LogP contribution is 2.25. The molecule has 0 bridgehead atoms. The van der Waals surface area contributed by atoms with E-state index in [2.05, 4.69) is 13.8 Å². The fourth-order valence-electron chi connectivity index (χ4n) is 2.22. The summed E-state index contributed by atoms with van der Waals surface area (Å²) in [6.07, 6.45) is 2.51. The number of hydrogen-bond donors (Lipinski definition) is 1. The highest BCUT2D eigenvalue weighted by molar-refractivity contribution is 7.14. The maximum Gasteiger partial charge on any atom is 0.264 e. The number of hydrogen-bond acceptors (Lipinski definition) is 3. The minimum absolute atomic E-state index is 0.0806. The summed E-state index contributed by atoms with van der Waals surface area (Å²) >= 11 is 1.58. The standard InChI is InChI=1S/C13H19NO2S/c1-3-4-10-7-12(17-9(10)2)13(16)14-6-5-11(15)8-14/h7,11,15H,3-6,8H2,1-2H3. The van der Waals surface area contributed by atoms with Gasteiger partial charge in [0.1, 0.15) is 0 Å². The first-order chi connectivity index (χ1) is 8.11. The molecule has 1 amide bonds. The summed E-state index contributed by atoms with van der Waals surface area (Å²) in [5, 5.41) is 9.45. The summed E-state index contributed by atoms with van der Waals surface area (Å²) in [4.78, 5) is 16.0. The fourth-order valence-corrected chi connectivity index (χ4v) is 3.26. The summed E-state index contributed by atoms with van der Waals surface area (Å²) in [7, 11) is 0. The van der Waals surface area contributed by atoms with E-state index in [1.165, 1.54) is 10.4 Å². The monoisotopic (exact) mass is 253 g/mol. The lowest BCUT2D eigenvalue weighted by Crippen LogP contribution is -2.28. The van der Waals surface area contributed by atoms with E-state index in [-0.39, 0.29) is 12.0 Å². The lowest BCUT2D eigenvalue weighted by molar-refractivity contribution is 0.0769. The van der Waals surface area contributed by atoms with Crippen LogP contribution in [0.1, 0.15) is 39.9 Å². The van der Waals surface area contributed by atoms with Crippen molar-refractivity contribution in [3.8, 4) is 0 Å². The molecular weight excluding hydrogens is 234 g/mol. The molecule has 1 aliphatic heterocycles. The Morgan fingerprint density at radius 3 is 3.00 bits per heavy atom. The van der Waals surface area contributed by atoms with Crippen LogP contribution in [0.5, 0.6) is 0 Å². The molecule has 1 unspecified atom stereocenters. The zero-order chi connectivity index (χ0) is 12.4. The van der Waals surface area contributed by atoms with E-state index in [1.54, 1.807) is 16.2 Å². The summed E-state index contributed by atoms with van der Waals surface area (Å²) in [6, 6.07) is 2.02. The van der Waals surface area contributed by atoms with Gasteiger partial charge in [0.25, 0.3) is 5.91 Å². The molecule has 1 fully saturated rings. The van der Waals surface area contributed by atoms with Crippen molar-refractivity contribution < 1.29 is 9.90 Å². The molecule has 0 aromatic carbocycles. The molecule has 94 valence electrons. The molecule has 1 N–H and O–H groups in total. The van der Waals surface area contributed by atoms with Crippen molar-refractivity contribution in [2.45, 2.75) is 39.2 Å². The van der Waals surface area contributed by atoms with Crippen LogP contribution >= 0.6 is 11.3 Å². The Kier molecular flexibility index (Phi) is 3.84. The Morgan fingerprint density at radius 2 is 2.41 bits per heavy atom. The third-order valence-corrected chi connectivity index (χ3v) is 4.28. The van der Waals surface area contributed by atoms with Crippen LogP contribution in [-0.2, 0) is 6.42 Å². The molecule has 2 heterocycles. The Balaban J connectivity index is 2.11. The first-order valence-electron chi connectivity index (χ1n) is 6.18. The normalized spacial score (nSPS) is 19.9. The van der Waals surface area contributed by atoms with E-state index in [0.717, 1.165) is 17.7 Å². The first kappa shape index (κ1) is 12.6. The number of nitrogens with zero attached hydrogens (tertiary/aromatic N) is 1. The van der Waals surface area contributed by atoms with Gasteiger partial charge in [-0.1, -0.05) is 13.3 Å². The van der Waals surface area contributed by atoms with E-state index in [9.17, 15) is 9.90 Å². The van der Waals surface area contributed by atoms with Gasteiger partial charge < -0.3 is 10.0 Å². The second-order valence-corrected chi connectivity index (χ2v) is 5.89. The van der Waals surface area contributed by atoms with Gasteiger partial charge in [0.15, 0.2) is 0 Å². The smallest absolute Gasteiger partial charge is 0.264 e. The van der Waals surface area contributed by atoms with Gasteiger partial charge in [-0.25, -0.2) is 0 Å². The second kappa shape index (κ2) is 5.19. The number of amides is 1. The molecule has 1 aliphatic rings. The summed E-state index contributed by atoms with van der Waals surface area (Å²) in [6.45, 7) is 5.39. The van der Waals surface area contributed by atoms with Crippen molar-refractivity contribution >= 4 is 17.2 Å². The van der Waals surface area contributed by atoms with Gasteiger partial charge in [0.2, 0.25) is 0 Å². The zero-order valence-corrected chi connectivity index (χ0v) is 11.2. The van der Waals surface area contributed by atoms with Crippen LogP contribution in [0.3, 0.4) is 0 Å². The fraction of sp³-hybridized carbons (Fsp3) is 0.615. The van der Waals surface area contributed by atoms with E-state index < -0.39 is 0 Å². The number of rotatable bonds is 3. The van der Waals surface area contributed by atoms with E-state index in [0.29, 0.717) is 19.5 Å². The van der Waals surface area contributed by atoms with Gasteiger partial charge in [-0.3, -0.25) is 4.79 Å². The molecule has 4 heteroatoms. The topological polar surface area (TPSA) is 40.5 Å². The third-order valence-electron chi connectivity index (χ3n) is 3.20. The quantitative estimate of drug-likeness (QED) is 0.897. The van der Waals surface area contributed by atoms with Crippen LogP contribution in [0.15, 0.2) is 6.07 Å². The average Bonchev–Trinajstić information content (AvgIpc) is 2.86. The molecule has 1 aromatic rings. The number of aryl methyl sites for hydroxylation is 2. The van der Waals surface area contributed by atoms with Crippen LogP contribution in [0.25, 0.3) is 0 Å². The number of thiophene rings is 1. The van der Waals surface area contributed by atoms with E-state index in [4.69, 9.17) is 0 Å². The summed E-state index contributed by atoms with van der Waals surface area (Å²) < 4.78 is 0. The molecule has 0 saturated carbocycles. The Labute approximate surface area is 106 Å². The predicted molar refractivity (Wildman–Crippen MR) is 69.6 cm³/mol. The number of β-amino-alcohol motifs (C(OH)–C–C–N with tert-alkyl or cyclic N) is 1. The predicted octanol–water partition coefficient (Wildman–Crippen LogP) is 2.22. The van der Waals surface area contributed by atoms with Crippen LogP contribution in [0.4, 0.5) is 0 Å². The lowest BCUT2D eigenvalue weighted by atomic mass is 10.1. The van der Waals surface area contributed by atoms with E-state index >= 15 is 0 Å². The maximum absolute atomic E-state index is 12.2. The molecular formula is C13H19NO2S. The van der Waals surface area contributed by atoms with Crippen molar-refractivity contribution in [3.63, 3.8) is 0 Å². The van der Waals surface area contributed by atoms with E-state index in [1.807, 2.05) is 6.07 Å². The zero-order valence-electron chi connectivity index (χ0n) is 10.4. The van der Waals surface area contributed by atoms with Crippen LogP contribution in [0.2, 0.25) is 0 Å². The molecule has 1 saturated heterocycles. The van der Waals surface area contributed by atoms with Crippen LogP contribution < -0.4 is 0 Å². The number of aliphatic hydroxyl groups excluding tert-OH is 1. The maximum atomic E-state index is 12.2. The van der Waals surface area contributed by atoms with Crippen molar-refractivity contribution in [1.82, 2.24) is 4.90 Å². The highest BCUT2D eigenvalue weighted by atomic mass is 32.1. The number of aliphatic hydroxyl groups is 1. The van der Waals surface area contributed by atoms with Crippen LogP contribution in [-0.4, -0.2) is 35.1 Å². The van der Waals surface area contributed by atoms with Crippen molar-refractivity contribution in [2.24, 2.45) is 0 Å². The minimum Gasteiger partial charge on any atom is -0.391 e. The van der Waals surface area contributed by atoms with Gasteiger partial charge in [-0.05, 0) is 31.4 Å². The van der Waals surface area contributed by atoms with Gasteiger partial charge in [0, 0.05) is 18.0 Å². The molecule has 0 spiro atoms. The van der Waals surface area contributed by atoms with Crippen molar-refractivity contribution in [3.05, 3.63) is 21.4 Å². The molecule has 1 aromatic heterocycles. The van der Waals surface area contributed by atoms with Crippen molar-refractivity contribution in [1.29, 1.82) is 0 Å². The van der Waals surface area contributed by atoms with Crippen molar-refractivity contribution in [2.75, 3.05) is 13.1 Å². The van der Waals surface area contributed by atoms with Gasteiger partial charge in [-0.2, -0.15) is 0 Å². The lowest BCUT2D eigenvalue weighted by Gasteiger charge is -2.13. The molecule has 1 atom stereocenters. The Hall–Kier alpha value is -0.870. The first-order valence-corrected chi connectivity index (χ1v) is 7.00. The average molecular weight is 253 g/mol. The molecule has 0 aliphatic carbocycles. The van der Waals surface area contributed by atoms with Gasteiger partial charge in [-0.15, -0.1) is 11.3 Å². The Morgan fingerprint density at radius 1 is 1.65 bits per heavy atom. The van der Waals surface area contributed by atoms with Gasteiger partial charge in [0.05, 0.1) is 11.0 Å². The summed E-state index contributed by atoms with van der Waals surface area (Å²) in [5.74, 6) is 0.0806. The third kappa shape index (κ3) is 2.69. The Bertz CT molecular complexity index is 414. The second-order valence-electron chi connectivity index (χ2n) is 4.64. The number of carbonyl (C=O) groups excluding carboxylic acids is 1. The molecule has 0 radical (unpaired) electrons. The molecule has 3 nitrogen and oxygen atoms in total. The number of likely N-dealkylation sites (tertiary alicyclic amines) is 1. The highest BCUT2D eigenvalue weighted by Gasteiger charge is 2.26. The molecule has 17 heavy (non-hydrogen) atoms. The number of carbonyl (C=O) groups is 1. The SMILES string of the molecule is CCCc1cc(C(=O)N2CCC(O)C2)sc1C.